The van der Waals surface area contributed by atoms with Crippen LogP contribution in [0.4, 0.5) is 0 Å². The van der Waals surface area contributed by atoms with Crippen LogP contribution in [0.15, 0.2) is 22.9 Å². The van der Waals surface area contributed by atoms with Gasteiger partial charge in [0.15, 0.2) is 5.69 Å². The second kappa shape index (κ2) is 6.31. The summed E-state index contributed by atoms with van der Waals surface area (Å²) in [5.74, 6) is 5.52. The summed E-state index contributed by atoms with van der Waals surface area (Å²) in [6.07, 6.45) is 3.26. The number of amides is 1. The van der Waals surface area contributed by atoms with E-state index in [1.807, 2.05) is 25.5 Å². The number of nitrogens with zero attached hydrogens (tertiary/aromatic N) is 4. The highest BCUT2D eigenvalue weighted by Gasteiger charge is 2.10. The molecule has 0 unspecified atom stereocenters. The van der Waals surface area contributed by atoms with Crippen molar-refractivity contribution in [3.8, 4) is 0 Å². The number of nitrogen functional groups attached to an aromatic ring is 1. The highest BCUT2D eigenvalue weighted by atomic mass is 16.3. The molecular formula is C12H18N6O2. The molecule has 0 saturated heterocycles. The van der Waals surface area contributed by atoms with E-state index >= 15 is 0 Å². The molecule has 0 aliphatic carbocycles. The molecule has 2 aromatic rings. The van der Waals surface area contributed by atoms with Gasteiger partial charge in [-0.15, -0.1) is 5.10 Å². The number of aryl methyl sites for hydroxylation is 1. The Hall–Kier alpha value is -2.19. The molecule has 8 heteroatoms. The number of hydrazine groups is 1. The Bertz CT molecular complexity index is 576. The van der Waals surface area contributed by atoms with Crippen LogP contribution in [0.25, 0.3) is 0 Å². The maximum atomic E-state index is 11.2. The molecule has 1 amide bonds. The maximum absolute atomic E-state index is 11.2. The molecule has 0 aliphatic heterocycles. The molecule has 0 aliphatic rings. The molecule has 20 heavy (non-hydrogen) atoms. The lowest BCUT2D eigenvalue weighted by molar-refractivity contribution is 0.0948. The Balaban J connectivity index is 1.84. The molecule has 0 fully saturated rings. The van der Waals surface area contributed by atoms with Gasteiger partial charge in [-0.1, -0.05) is 5.21 Å². The first-order valence-corrected chi connectivity index (χ1v) is 6.22. The molecule has 2 aromatic heterocycles. The average Bonchev–Trinajstić information content (AvgIpc) is 3.06. The number of nitrogens with two attached hydrogens (primary N) is 1. The van der Waals surface area contributed by atoms with Crippen LogP contribution in [0.3, 0.4) is 0 Å². The van der Waals surface area contributed by atoms with Crippen LogP contribution in [-0.4, -0.2) is 39.4 Å². The molecule has 0 aromatic carbocycles. The minimum atomic E-state index is -0.446. The van der Waals surface area contributed by atoms with Gasteiger partial charge in [0.1, 0.15) is 5.76 Å². The summed E-state index contributed by atoms with van der Waals surface area (Å²) >= 11 is 0. The molecule has 3 N–H and O–H groups in total. The third-order valence-corrected chi connectivity index (χ3v) is 3.02. The molecule has 0 bridgehead atoms. The highest BCUT2D eigenvalue weighted by molar-refractivity contribution is 5.91. The number of carbonyl (C=O) groups excluding carboxylic acids is 1. The summed E-state index contributed by atoms with van der Waals surface area (Å²) in [6.45, 7) is 4.15. The van der Waals surface area contributed by atoms with E-state index < -0.39 is 5.91 Å². The zero-order valence-electron chi connectivity index (χ0n) is 11.5. The van der Waals surface area contributed by atoms with Crippen molar-refractivity contribution >= 4 is 5.91 Å². The van der Waals surface area contributed by atoms with Crippen molar-refractivity contribution in [2.45, 2.75) is 20.0 Å². The number of aromatic nitrogens is 3. The van der Waals surface area contributed by atoms with Gasteiger partial charge in [-0.25, -0.2) is 5.84 Å². The summed E-state index contributed by atoms with van der Waals surface area (Å²) in [6, 6.07) is 1.96. The number of hydrogen-bond acceptors (Lipinski definition) is 6. The predicted molar refractivity (Wildman–Crippen MR) is 71.5 cm³/mol. The summed E-state index contributed by atoms with van der Waals surface area (Å²) in [5, 5.41) is 7.62. The van der Waals surface area contributed by atoms with Crippen molar-refractivity contribution in [3.05, 3.63) is 35.5 Å². The molecule has 8 nitrogen and oxygen atoms in total. The molecule has 0 radical (unpaired) electrons. The highest BCUT2D eigenvalue weighted by Crippen LogP contribution is 2.10. The Morgan fingerprint density at radius 1 is 1.60 bits per heavy atom. The summed E-state index contributed by atoms with van der Waals surface area (Å²) < 4.78 is 6.87. The summed E-state index contributed by atoms with van der Waals surface area (Å²) in [7, 11) is 2.01. The van der Waals surface area contributed by atoms with Crippen LogP contribution >= 0.6 is 0 Å². The topological polar surface area (TPSA) is 102 Å². The summed E-state index contributed by atoms with van der Waals surface area (Å²) in [5.41, 5.74) is 3.39. The monoisotopic (exact) mass is 278 g/mol. The first-order chi connectivity index (χ1) is 9.60. The van der Waals surface area contributed by atoms with Crippen LogP contribution in [-0.2, 0) is 13.1 Å². The maximum Gasteiger partial charge on any atom is 0.287 e. The minimum Gasteiger partial charge on any atom is -0.469 e. The number of carbonyl (C=O) groups is 1. The molecule has 0 atom stereocenters. The summed E-state index contributed by atoms with van der Waals surface area (Å²) in [4.78, 5) is 13.4. The molecule has 108 valence electrons. The van der Waals surface area contributed by atoms with E-state index in [2.05, 4.69) is 15.2 Å². The van der Waals surface area contributed by atoms with Crippen molar-refractivity contribution in [1.29, 1.82) is 0 Å². The lowest BCUT2D eigenvalue weighted by Gasteiger charge is -2.15. The second-order valence-corrected chi connectivity index (χ2v) is 4.58. The Kier molecular flexibility index (Phi) is 4.49. The Labute approximate surface area is 116 Å². The zero-order chi connectivity index (χ0) is 14.5. The van der Waals surface area contributed by atoms with Gasteiger partial charge in [0.2, 0.25) is 0 Å². The van der Waals surface area contributed by atoms with E-state index in [-0.39, 0.29) is 5.69 Å². The fourth-order valence-corrected chi connectivity index (χ4v) is 1.80. The van der Waals surface area contributed by atoms with Crippen molar-refractivity contribution in [2.24, 2.45) is 5.84 Å². The quantitative estimate of drug-likeness (QED) is 0.435. The van der Waals surface area contributed by atoms with E-state index in [1.165, 1.54) is 0 Å². The third-order valence-electron chi connectivity index (χ3n) is 3.02. The van der Waals surface area contributed by atoms with E-state index in [9.17, 15) is 4.79 Å². The van der Waals surface area contributed by atoms with E-state index in [0.717, 1.165) is 24.4 Å². The first-order valence-electron chi connectivity index (χ1n) is 6.22. The van der Waals surface area contributed by atoms with E-state index in [1.54, 1.807) is 17.1 Å². The first kappa shape index (κ1) is 14.2. The standard InChI is InChI=1S/C12H18N6O2/c1-9-10(3-6-20-9)7-17(2)4-5-18-8-11(15-16-18)12(19)14-13/h3,6,8H,4-5,7,13H2,1-2H3,(H,14,19). The largest absolute Gasteiger partial charge is 0.469 e. The Morgan fingerprint density at radius 2 is 2.40 bits per heavy atom. The van der Waals surface area contributed by atoms with E-state index in [0.29, 0.717) is 6.54 Å². The van der Waals surface area contributed by atoms with Gasteiger partial charge in [-0.05, 0) is 20.0 Å². The normalized spacial score (nSPS) is 11.0. The molecule has 2 rings (SSSR count). The number of hydrogen-bond donors (Lipinski definition) is 2. The lowest BCUT2D eigenvalue weighted by atomic mass is 10.2. The smallest absolute Gasteiger partial charge is 0.287 e. The second-order valence-electron chi connectivity index (χ2n) is 4.58. The van der Waals surface area contributed by atoms with Crippen molar-refractivity contribution in [2.75, 3.05) is 13.6 Å². The predicted octanol–water partition coefficient (Wildman–Crippen LogP) is -0.0850. The SMILES string of the molecule is Cc1occc1CN(C)CCn1cc(C(=O)NN)nn1. The van der Waals surface area contributed by atoms with Gasteiger partial charge in [0.25, 0.3) is 5.91 Å². The van der Waals surface area contributed by atoms with Gasteiger partial charge >= 0.3 is 0 Å². The van der Waals surface area contributed by atoms with Crippen LogP contribution < -0.4 is 11.3 Å². The number of nitrogens with one attached hydrogen (secondary N) is 1. The van der Waals surface area contributed by atoms with Crippen LogP contribution in [0.1, 0.15) is 21.8 Å². The third kappa shape index (κ3) is 3.43. The number of likely N-dealkylation sites (N-methyl/N-ethyl adjacent to an activating group) is 1. The van der Waals surface area contributed by atoms with Crippen molar-refractivity contribution in [1.82, 2.24) is 25.3 Å². The fraction of sp³-hybridized carbons (Fsp3) is 0.417. The minimum absolute atomic E-state index is 0.209. The molecule has 0 saturated carbocycles. The number of furan rings is 1. The number of rotatable bonds is 6. The lowest BCUT2D eigenvalue weighted by Crippen LogP contribution is -2.30. The van der Waals surface area contributed by atoms with Crippen LogP contribution in [0, 0.1) is 6.92 Å². The molecular weight excluding hydrogens is 260 g/mol. The Morgan fingerprint density at radius 3 is 3.05 bits per heavy atom. The average molecular weight is 278 g/mol. The van der Waals surface area contributed by atoms with Crippen LogP contribution in [0.2, 0.25) is 0 Å². The van der Waals surface area contributed by atoms with Gasteiger partial charge in [0, 0.05) is 18.7 Å². The van der Waals surface area contributed by atoms with Gasteiger partial charge < -0.3 is 9.32 Å². The van der Waals surface area contributed by atoms with E-state index in [4.69, 9.17) is 10.3 Å². The van der Waals surface area contributed by atoms with Crippen molar-refractivity contribution < 1.29 is 9.21 Å². The molecule has 0 spiro atoms. The van der Waals surface area contributed by atoms with Crippen LogP contribution in [0.5, 0.6) is 0 Å². The van der Waals surface area contributed by atoms with Gasteiger partial charge in [-0.3, -0.25) is 14.9 Å². The van der Waals surface area contributed by atoms with Gasteiger partial charge in [-0.2, -0.15) is 0 Å². The molecule has 2 heterocycles. The fourth-order valence-electron chi connectivity index (χ4n) is 1.80. The van der Waals surface area contributed by atoms with Gasteiger partial charge in [0.05, 0.1) is 19.0 Å². The van der Waals surface area contributed by atoms with Crippen molar-refractivity contribution in [3.63, 3.8) is 0 Å². The zero-order valence-corrected chi connectivity index (χ0v) is 11.5.